The topological polar surface area (TPSA) is 68.3 Å². The number of halogens is 1. The van der Waals surface area contributed by atoms with Crippen LogP contribution < -0.4 is 20.1 Å². The Bertz CT molecular complexity index is 1030. The highest BCUT2D eigenvalue weighted by Crippen LogP contribution is 2.36. The molecule has 1 saturated heterocycles. The van der Waals surface area contributed by atoms with Crippen molar-refractivity contribution in [1.82, 2.24) is 15.3 Å². The second-order valence-electron chi connectivity index (χ2n) is 6.66. The molecule has 0 saturated carbocycles. The standard InChI is InChI=1S/C22H22N4O2.ClH/c1-3-15-5-4-6-16(11-15)26-22-18-12-20(27-2)21(13-19(18)24-14-25-22)28-17-7-9-23-10-8-17;/h1,4-6,11-14,17,23H,7-10H2,2H3,(H,24,25,26);1H. The first-order valence-corrected chi connectivity index (χ1v) is 9.30. The molecule has 0 aliphatic carbocycles. The summed E-state index contributed by atoms with van der Waals surface area (Å²) in [4.78, 5) is 8.81. The van der Waals surface area contributed by atoms with Crippen molar-refractivity contribution in [2.45, 2.75) is 18.9 Å². The Hall–Kier alpha value is -3.01. The van der Waals surface area contributed by atoms with Crippen molar-refractivity contribution in [2.75, 3.05) is 25.5 Å². The van der Waals surface area contributed by atoms with Crippen LogP contribution >= 0.6 is 12.4 Å². The van der Waals surface area contributed by atoms with Crippen LogP contribution in [-0.4, -0.2) is 36.3 Å². The molecule has 2 heterocycles. The number of anilines is 2. The van der Waals surface area contributed by atoms with Gasteiger partial charge < -0.3 is 20.1 Å². The summed E-state index contributed by atoms with van der Waals surface area (Å²) in [7, 11) is 1.64. The summed E-state index contributed by atoms with van der Waals surface area (Å²) in [5.41, 5.74) is 2.46. The van der Waals surface area contributed by atoms with E-state index in [2.05, 4.69) is 26.5 Å². The molecule has 0 amide bonds. The van der Waals surface area contributed by atoms with Crippen molar-refractivity contribution >= 4 is 34.8 Å². The Balaban J connectivity index is 0.00000240. The fraction of sp³-hybridized carbons (Fsp3) is 0.273. The molecule has 4 rings (SSSR count). The zero-order chi connectivity index (χ0) is 19.3. The van der Waals surface area contributed by atoms with Gasteiger partial charge in [-0.1, -0.05) is 12.0 Å². The fourth-order valence-electron chi connectivity index (χ4n) is 3.33. The molecular formula is C22H23ClN4O2. The van der Waals surface area contributed by atoms with Crippen molar-refractivity contribution in [3.8, 4) is 23.8 Å². The lowest BCUT2D eigenvalue weighted by Crippen LogP contribution is -2.34. The van der Waals surface area contributed by atoms with E-state index >= 15 is 0 Å². The Labute approximate surface area is 176 Å². The first kappa shape index (κ1) is 20.7. The number of terminal acetylenes is 1. The van der Waals surface area contributed by atoms with Crippen molar-refractivity contribution in [1.29, 1.82) is 0 Å². The van der Waals surface area contributed by atoms with Crippen LogP contribution in [-0.2, 0) is 0 Å². The van der Waals surface area contributed by atoms with E-state index in [9.17, 15) is 0 Å². The van der Waals surface area contributed by atoms with Gasteiger partial charge in [-0.25, -0.2) is 9.97 Å². The van der Waals surface area contributed by atoms with Gasteiger partial charge in [-0.15, -0.1) is 18.8 Å². The number of ether oxygens (including phenoxy) is 2. The predicted octanol–water partition coefficient (Wildman–Crippen LogP) is 3.92. The monoisotopic (exact) mass is 410 g/mol. The number of aromatic nitrogens is 2. The Kier molecular flexibility index (Phi) is 6.76. The van der Waals surface area contributed by atoms with E-state index in [0.717, 1.165) is 48.1 Å². The summed E-state index contributed by atoms with van der Waals surface area (Å²) in [6, 6.07) is 11.5. The first-order chi connectivity index (χ1) is 13.8. The number of hydrogen-bond donors (Lipinski definition) is 2. The van der Waals surface area contributed by atoms with Gasteiger partial charge in [0, 0.05) is 22.7 Å². The third kappa shape index (κ3) is 4.70. The summed E-state index contributed by atoms with van der Waals surface area (Å²) in [6.45, 7) is 1.93. The number of rotatable bonds is 5. The van der Waals surface area contributed by atoms with Crippen LogP contribution in [0.25, 0.3) is 10.9 Å². The lowest BCUT2D eigenvalue weighted by atomic mass is 10.1. The minimum absolute atomic E-state index is 0. The Morgan fingerprint density at radius 3 is 2.72 bits per heavy atom. The van der Waals surface area contributed by atoms with Gasteiger partial charge in [0.05, 0.1) is 12.6 Å². The quantitative estimate of drug-likeness (QED) is 0.621. The molecule has 2 N–H and O–H groups in total. The number of benzene rings is 2. The molecule has 1 aromatic heterocycles. The minimum atomic E-state index is 0. The van der Waals surface area contributed by atoms with Gasteiger partial charge in [0.2, 0.25) is 0 Å². The van der Waals surface area contributed by atoms with Gasteiger partial charge in [-0.2, -0.15) is 0 Å². The molecule has 0 radical (unpaired) electrons. The van der Waals surface area contributed by atoms with E-state index in [-0.39, 0.29) is 18.5 Å². The third-order valence-electron chi connectivity index (χ3n) is 4.79. The SMILES string of the molecule is C#Cc1cccc(Nc2ncnc3cc(OC4CCNCC4)c(OC)cc23)c1.Cl. The number of methoxy groups -OCH3 is 1. The highest BCUT2D eigenvalue weighted by molar-refractivity contribution is 5.93. The van der Waals surface area contributed by atoms with E-state index in [1.54, 1.807) is 7.11 Å². The maximum atomic E-state index is 6.21. The highest BCUT2D eigenvalue weighted by atomic mass is 35.5. The average Bonchev–Trinajstić information content (AvgIpc) is 2.74. The van der Waals surface area contributed by atoms with Gasteiger partial charge in [0.15, 0.2) is 11.5 Å². The van der Waals surface area contributed by atoms with Gasteiger partial charge in [-0.05, 0) is 50.2 Å². The molecule has 0 bridgehead atoms. The zero-order valence-corrected chi connectivity index (χ0v) is 17.0. The van der Waals surface area contributed by atoms with Gasteiger partial charge in [0.25, 0.3) is 0 Å². The van der Waals surface area contributed by atoms with Crippen LogP contribution in [0.5, 0.6) is 11.5 Å². The molecule has 1 aliphatic rings. The van der Waals surface area contributed by atoms with E-state index in [1.807, 2.05) is 36.4 Å². The van der Waals surface area contributed by atoms with Gasteiger partial charge >= 0.3 is 0 Å². The van der Waals surface area contributed by atoms with Crippen LogP contribution in [0.15, 0.2) is 42.7 Å². The molecule has 1 aliphatic heterocycles. The maximum Gasteiger partial charge on any atom is 0.163 e. The molecule has 7 heteroatoms. The number of nitrogens with one attached hydrogen (secondary N) is 2. The van der Waals surface area contributed by atoms with Crippen LogP contribution in [0.2, 0.25) is 0 Å². The predicted molar refractivity (Wildman–Crippen MR) is 118 cm³/mol. The summed E-state index contributed by atoms with van der Waals surface area (Å²) in [5, 5.41) is 7.52. The number of piperidine rings is 1. The second kappa shape index (κ2) is 9.46. The minimum Gasteiger partial charge on any atom is -0.493 e. The van der Waals surface area contributed by atoms with E-state index in [4.69, 9.17) is 15.9 Å². The van der Waals surface area contributed by atoms with Crippen LogP contribution in [0.1, 0.15) is 18.4 Å². The molecule has 0 unspecified atom stereocenters. The molecule has 0 spiro atoms. The van der Waals surface area contributed by atoms with Crippen molar-refractivity contribution in [2.24, 2.45) is 0 Å². The maximum absolute atomic E-state index is 6.21. The van der Waals surface area contributed by atoms with E-state index < -0.39 is 0 Å². The Morgan fingerprint density at radius 2 is 1.97 bits per heavy atom. The lowest BCUT2D eigenvalue weighted by molar-refractivity contribution is 0.157. The third-order valence-corrected chi connectivity index (χ3v) is 4.79. The molecule has 2 aromatic carbocycles. The van der Waals surface area contributed by atoms with E-state index in [1.165, 1.54) is 6.33 Å². The van der Waals surface area contributed by atoms with Gasteiger partial charge in [0.1, 0.15) is 18.2 Å². The second-order valence-corrected chi connectivity index (χ2v) is 6.66. The molecule has 150 valence electrons. The van der Waals surface area contributed by atoms with Crippen LogP contribution in [0, 0.1) is 12.3 Å². The van der Waals surface area contributed by atoms with E-state index in [0.29, 0.717) is 17.3 Å². The summed E-state index contributed by atoms with van der Waals surface area (Å²) in [6.07, 6.45) is 9.16. The molecule has 3 aromatic rings. The highest BCUT2D eigenvalue weighted by Gasteiger charge is 2.18. The van der Waals surface area contributed by atoms with Crippen molar-refractivity contribution < 1.29 is 9.47 Å². The van der Waals surface area contributed by atoms with Crippen LogP contribution in [0.3, 0.4) is 0 Å². The zero-order valence-electron chi connectivity index (χ0n) is 16.1. The van der Waals surface area contributed by atoms with Crippen molar-refractivity contribution in [3.05, 3.63) is 48.3 Å². The first-order valence-electron chi connectivity index (χ1n) is 9.30. The summed E-state index contributed by atoms with van der Waals surface area (Å²) in [5.74, 6) is 4.70. The number of nitrogens with zero attached hydrogens (tertiary/aromatic N) is 2. The lowest BCUT2D eigenvalue weighted by Gasteiger charge is -2.25. The normalized spacial score (nSPS) is 13.9. The average molecular weight is 411 g/mol. The Morgan fingerprint density at radius 1 is 1.14 bits per heavy atom. The summed E-state index contributed by atoms with van der Waals surface area (Å²) >= 11 is 0. The molecular weight excluding hydrogens is 388 g/mol. The molecule has 1 fully saturated rings. The molecule has 6 nitrogen and oxygen atoms in total. The fourth-order valence-corrected chi connectivity index (χ4v) is 3.33. The largest absolute Gasteiger partial charge is 0.493 e. The van der Waals surface area contributed by atoms with Crippen LogP contribution in [0.4, 0.5) is 11.5 Å². The number of fused-ring (bicyclic) bond motifs is 1. The molecule has 0 atom stereocenters. The smallest absolute Gasteiger partial charge is 0.163 e. The molecule has 29 heavy (non-hydrogen) atoms. The van der Waals surface area contributed by atoms with Crippen molar-refractivity contribution in [3.63, 3.8) is 0 Å². The van der Waals surface area contributed by atoms with Gasteiger partial charge in [-0.3, -0.25) is 0 Å². The number of hydrogen-bond acceptors (Lipinski definition) is 6. The summed E-state index contributed by atoms with van der Waals surface area (Å²) < 4.78 is 11.8.